The third kappa shape index (κ3) is 3.99. The third-order valence-electron chi connectivity index (χ3n) is 3.79. The van der Waals surface area contributed by atoms with E-state index in [1.165, 1.54) is 6.07 Å². The smallest absolute Gasteiger partial charge is 0.315 e. The predicted octanol–water partition coefficient (Wildman–Crippen LogP) is 2.50. The predicted molar refractivity (Wildman–Crippen MR) is 91.2 cm³/mol. The van der Waals surface area contributed by atoms with E-state index in [0.29, 0.717) is 17.8 Å². The van der Waals surface area contributed by atoms with Gasteiger partial charge in [0.05, 0.1) is 0 Å². The van der Waals surface area contributed by atoms with Crippen LogP contribution in [0.15, 0.2) is 24.3 Å². The molecule has 1 aromatic rings. The average Bonchev–Trinajstić information content (AvgIpc) is 3.05. The van der Waals surface area contributed by atoms with Crippen LogP contribution in [0.5, 0.6) is 0 Å². The van der Waals surface area contributed by atoms with Crippen molar-refractivity contribution in [2.45, 2.75) is 24.6 Å². The maximum Gasteiger partial charge on any atom is 0.315 e. The summed E-state index contributed by atoms with van der Waals surface area (Å²) in [5.41, 5.74) is -0.123. The van der Waals surface area contributed by atoms with Crippen molar-refractivity contribution < 1.29 is 19.1 Å². The van der Waals surface area contributed by atoms with Crippen LogP contribution in [0.4, 0.5) is 5.69 Å². The summed E-state index contributed by atoms with van der Waals surface area (Å²) in [5.74, 6) is -1.36. The monoisotopic (exact) mass is 372 g/mol. The van der Waals surface area contributed by atoms with Gasteiger partial charge in [0.1, 0.15) is 9.75 Å². The zero-order chi connectivity index (χ0) is 18.0. The fourth-order valence-corrected chi connectivity index (χ4v) is 2.80. The van der Waals surface area contributed by atoms with Crippen LogP contribution in [0.3, 0.4) is 0 Å². The van der Waals surface area contributed by atoms with Gasteiger partial charge in [-0.2, -0.15) is 0 Å². The summed E-state index contributed by atoms with van der Waals surface area (Å²) in [7, 11) is 0. The van der Waals surface area contributed by atoms with Crippen LogP contribution in [0.25, 0.3) is 0 Å². The Morgan fingerprint density at radius 2 is 1.96 bits per heavy atom. The summed E-state index contributed by atoms with van der Waals surface area (Å²) in [6.07, 6.45) is 0.290. The zero-order valence-electron chi connectivity index (χ0n) is 13.3. The molecule has 1 aliphatic carbocycles. The molecule has 0 spiro atoms. The second-order valence-corrected chi connectivity index (χ2v) is 7.26. The van der Waals surface area contributed by atoms with Crippen LogP contribution >= 0.6 is 23.2 Å². The van der Waals surface area contributed by atoms with Crippen molar-refractivity contribution in [2.75, 3.05) is 18.5 Å². The molecular formula is C16H18Cl2N2O4. The molecule has 1 aromatic carbocycles. The summed E-state index contributed by atoms with van der Waals surface area (Å²) >= 11 is 11.8. The number of amides is 2. The van der Waals surface area contributed by atoms with Gasteiger partial charge in [0, 0.05) is 24.2 Å². The second-order valence-electron chi connectivity index (χ2n) is 5.78. The first-order valence-electron chi connectivity index (χ1n) is 7.43. The van der Waals surface area contributed by atoms with Gasteiger partial charge in [-0.3, -0.25) is 14.4 Å². The summed E-state index contributed by atoms with van der Waals surface area (Å²) in [6, 6.07) is 6.45. The van der Waals surface area contributed by atoms with E-state index in [2.05, 4.69) is 10.6 Å². The highest BCUT2D eigenvalue weighted by Crippen LogP contribution is 2.64. The normalized spacial score (nSPS) is 20.8. The standard InChI is InChI=1S/C16H18Cl2N2O4/c1-3-19-13(22)10-5-4-6-11(7-10)20-12(21)8-24-14(23)15(2)9-16(15,17)18/h4-7H,3,8-9H2,1-2H3,(H,19,22)(H,20,21)/t15-/m1/s1. The van der Waals surface area contributed by atoms with Crippen molar-refractivity contribution in [1.82, 2.24) is 5.32 Å². The van der Waals surface area contributed by atoms with Crippen molar-refractivity contribution in [3.05, 3.63) is 29.8 Å². The van der Waals surface area contributed by atoms with Crippen LogP contribution in [-0.4, -0.2) is 35.3 Å². The molecule has 2 rings (SSSR count). The Bertz CT molecular complexity index is 678. The molecule has 1 atom stereocenters. The molecule has 0 aliphatic heterocycles. The summed E-state index contributed by atoms with van der Waals surface area (Å²) in [6.45, 7) is 3.45. The molecule has 0 bridgehead atoms. The molecule has 1 aliphatic rings. The van der Waals surface area contributed by atoms with Crippen molar-refractivity contribution in [2.24, 2.45) is 5.41 Å². The largest absolute Gasteiger partial charge is 0.455 e. The number of ether oxygens (including phenoxy) is 1. The van der Waals surface area contributed by atoms with E-state index in [1.807, 2.05) is 6.92 Å². The van der Waals surface area contributed by atoms with Gasteiger partial charge >= 0.3 is 5.97 Å². The molecule has 24 heavy (non-hydrogen) atoms. The van der Waals surface area contributed by atoms with Gasteiger partial charge in [-0.1, -0.05) is 6.07 Å². The van der Waals surface area contributed by atoms with Gasteiger partial charge in [0.25, 0.3) is 11.8 Å². The lowest BCUT2D eigenvalue weighted by Crippen LogP contribution is -2.27. The van der Waals surface area contributed by atoms with Gasteiger partial charge in [-0.05, 0) is 32.0 Å². The van der Waals surface area contributed by atoms with E-state index in [-0.39, 0.29) is 12.3 Å². The first-order valence-corrected chi connectivity index (χ1v) is 8.18. The van der Waals surface area contributed by atoms with E-state index < -0.39 is 28.2 Å². The SMILES string of the molecule is CCNC(=O)c1cccc(NC(=O)COC(=O)[C@@]2(C)CC2(Cl)Cl)c1. The topological polar surface area (TPSA) is 84.5 Å². The van der Waals surface area contributed by atoms with Crippen LogP contribution in [0, 0.1) is 5.41 Å². The number of benzene rings is 1. The maximum absolute atomic E-state index is 11.9. The van der Waals surface area contributed by atoms with E-state index >= 15 is 0 Å². The molecule has 2 N–H and O–H groups in total. The highest BCUT2D eigenvalue weighted by atomic mass is 35.5. The number of anilines is 1. The van der Waals surface area contributed by atoms with Crippen molar-refractivity contribution >= 4 is 46.7 Å². The molecule has 130 valence electrons. The number of nitrogens with one attached hydrogen (secondary N) is 2. The highest BCUT2D eigenvalue weighted by Gasteiger charge is 2.69. The quantitative estimate of drug-likeness (QED) is 0.593. The Kier molecular flexibility index (Phi) is 5.40. The molecule has 6 nitrogen and oxygen atoms in total. The number of esters is 1. The molecule has 2 amide bonds. The summed E-state index contributed by atoms with van der Waals surface area (Å²) < 4.78 is 3.82. The molecule has 0 saturated heterocycles. The minimum atomic E-state index is -1.14. The average molecular weight is 373 g/mol. The van der Waals surface area contributed by atoms with Gasteiger partial charge < -0.3 is 15.4 Å². The molecule has 1 fully saturated rings. The van der Waals surface area contributed by atoms with Crippen LogP contribution in [0.2, 0.25) is 0 Å². The Morgan fingerprint density at radius 1 is 1.29 bits per heavy atom. The van der Waals surface area contributed by atoms with E-state index in [0.717, 1.165) is 0 Å². The second kappa shape index (κ2) is 6.99. The number of hydrogen-bond donors (Lipinski definition) is 2. The Labute approximate surface area is 149 Å². The number of halogens is 2. The molecule has 0 aromatic heterocycles. The Morgan fingerprint density at radius 3 is 2.54 bits per heavy atom. The number of carbonyl (C=O) groups is 3. The van der Waals surface area contributed by atoms with Crippen molar-refractivity contribution in [3.63, 3.8) is 0 Å². The fraction of sp³-hybridized carbons (Fsp3) is 0.438. The maximum atomic E-state index is 11.9. The van der Waals surface area contributed by atoms with Gasteiger partial charge in [0.15, 0.2) is 6.61 Å². The Balaban J connectivity index is 1.88. The molecule has 0 unspecified atom stereocenters. The first-order chi connectivity index (χ1) is 11.2. The van der Waals surface area contributed by atoms with Crippen molar-refractivity contribution in [3.8, 4) is 0 Å². The van der Waals surface area contributed by atoms with Crippen LogP contribution in [0.1, 0.15) is 30.6 Å². The van der Waals surface area contributed by atoms with Gasteiger partial charge in [-0.15, -0.1) is 23.2 Å². The fourth-order valence-electron chi connectivity index (χ4n) is 2.11. The van der Waals surface area contributed by atoms with E-state index in [1.54, 1.807) is 25.1 Å². The summed E-state index contributed by atoms with van der Waals surface area (Å²) in [5, 5.41) is 5.23. The highest BCUT2D eigenvalue weighted by molar-refractivity contribution is 6.53. The third-order valence-corrected chi connectivity index (χ3v) is 4.89. The number of alkyl halides is 2. The number of hydrogen-bond acceptors (Lipinski definition) is 4. The molecule has 1 saturated carbocycles. The van der Waals surface area contributed by atoms with Gasteiger partial charge in [-0.25, -0.2) is 0 Å². The first kappa shape index (κ1) is 18.5. The Hall–Kier alpha value is -1.79. The van der Waals surface area contributed by atoms with Crippen LogP contribution < -0.4 is 10.6 Å². The minimum Gasteiger partial charge on any atom is -0.455 e. The molecule has 0 radical (unpaired) electrons. The minimum absolute atomic E-state index is 0.234. The van der Waals surface area contributed by atoms with Crippen LogP contribution in [-0.2, 0) is 14.3 Å². The molecule has 0 heterocycles. The number of carbonyl (C=O) groups excluding carboxylic acids is 3. The lowest BCUT2D eigenvalue weighted by molar-refractivity contribution is -0.152. The lowest BCUT2D eigenvalue weighted by atomic mass is 10.1. The molecular weight excluding hydrogens is 355 g/mol. The summed E-state index contributed by atoms with van der Waals surface area (Å²) in [4.78, 5) is 35.5. The van der Waals surface area contributed by atoms with E-state index in [9.17, 15) is 14.4 Å². The zero-order valence-corrected chi connectivity index (χ0v) is 14.8. The lowest BCUT2D eigenvalue weighted by Gasteiger charge is -2.12. The molecule has 8 heteroatoms. The van der Waals surface area contributed by atoms with Gasteiger partial charge in [0.2, 0.25) is 0 Å². The number of rotatable bonds is 6. The van der Waals surface area contributed by atoms with E-state index in [4.69, 9.17) is 27.9 Å². The van der Waals surface area contributed by atoms with Crippen molar-refractivity contribution in [1.29, 1.82) is 0 Å².